The van der Waals surface area contributed by atoms with Crippen molar-refractivity contribution >= 4 is 39.0 Å². The molecule has 0 aliphatic heterocycles. The minimum Gasteiger partial charge on any atom is -0.490 e. The van der Waals surface area contributed by atoms with Crippen LogP contribution >= 0.6 is 22.9 Å². The number of esters is 1. The summed E-state index contributed by atoms with van der Waals surface area (Å²) in [4.78, 5) is 12.8. The van der Waals surface area contributed by atoms with Crippen molar-refractivity contribution in [3.05, 3.63) is 63.7 Å². The summed E-state index contributed by atoms with van der Waals surface area (Å²) in [6.45, 7) is 0.406. The number of ether oxygens (including phenoxy) is 3. The number of hydrogen-bond acceptors (Lipinski definition) is 5. The lowest BCUT2D eigenvalue weighted by atomic mass is 10.1. The van der Waals surface area contributed by atoms with Crippen LogP contribution in [0.2, 0.25) is 5.02 Å². The largest absolute Gasteiger partial charge is 0.490 e. The molecule has 7 heteroatoms. The van der Waals surface area contributed by atoms with Crippen LogP contribution in [-0.4, -0.2) is 26.3 Å². The number of halogens is 2. The van der Waals surface area contributed by atoms with Crippen LogP contribution in [0.15, 0.2) is 42.5 Å². The Bertz CT molecular complexity index is 908. The molecule has 0 fully saturated rings. The average Bonchev–Trinajstić information content (AvgIpc) is 3.00. The summed E-state index contributed by atoms with van der Waals surface area (Å²) in [6, 6.07) is 11.6. The Labute approximate surface area is 159 Å². The van der Waals surface area contributed by atoms with Crippen molar-refractivity contribution in [1.29, 1.82) is 0 Å². The van der Waals surface area contributed by atoms with Gasteiger partial charge in [0.25, 0.3) is 0 Å². The van der Waals surface area contributed by atoms with Gasteiger partial charge in [0, 0.05) is 27.8 Å². The first-order valence-corrected chi connectivity index (χ1v) is 9.04. The maximum Gasteiger partial charge on any atom is 0.348 e. The molecule has 2 aromatic carbocycles. The molecule has 0 bridgehead atoms. The average molecular weight is 395 g/mol. The van der Waals surface area contributed by atoms with Crippen molar-refractivity contribution < 1.29 is 23.4 Å². The topological polar surface area (TPSA) is 44.8 Å². The highest BCUT2D eigenvalue weighted by molar-refractivity contribution is 7.21. The predicted molar refractivity (Wildman–Crippen MR) is 99.7 cm³/mol. The van der Waals surface area contributed by atoms with E-state index in [0.29, 0.717) is 31.3 Å². The van der Waals surface area contributed by atoms with Crippen LogP contribution in [0.4, 0.5) is 4.39 Å². The van der Waals surface area contributed by atoms with E-state index in [1.54, 1.807) is 36.4 Å². The molecular weight excluding hydrogens is 379 g/mol. The van der Waals surface area contributed by atoms with E-state index in [1.165, 1.54) is 24.5 Å². The number of benzene rings is 2. The summed E-state index contributed by atoms with van der Waals surface area (Å²) >= 11 is 7.00. The van der Waals surface area contributed by atoms with Gasteiger partial charge in [-0.3, -0.25) is 0 Å². The molecule has 136 valence electrons. The lowest BCUT2D eigenvalue weighted by molar-refractivity contribution is 0.0452. The monoisotopic (exact) mass is 394 g/mol. The summed E-state index contributed by atoms with van der Waals surface area (Å²) in [7, 11) is 1.50. The molecule has 26 heavy (non-hydrogen) atoms. The summed E-state index contributed by atoms with van der Waals surface area (Å²) < 4.78 is 30.7. The summed E-state index contributed by atoms with van der Waals surface area (Å²) in [5, 5.41) is 1.02. The molecule has 0 radical (unpaired) electrons. The Kier molecular flexibility index (Phi) is 6.08. The molecular formula is C19H16ClFO4S. The lowest BCUT2D eigenvalue weighted by Gasteiger charge is -2.08. The highest BCUT2D eigenvalue weighted by Crippen LogP contribution is 2.34. The zero-order chi connectivity index (χ0) is 18.5. The van der Waals surface area contributed by atoms with E-state index in [4.69, 9.17) is 25.8 Å². The van der Waals surface area contributed by atoms with Gasteiger partial charge < -0.3 is 14.2 Å². The molecule has 0 unspecified atom stereocenters. The maximum atomic E-state index is 14.1. The molecule has 3 rings (SSSR count). The van der Waals surface area contributed by atoms with Gasteiger partial charge in [-0.15, -0.1) is 11.3 Å². The predicted octanol–water partition coefficient (Wildman–Crippen LogP) is 5.08. The second-order valence-corrected chi connectivity index (χ2v) is 6.88. The molecule has 1 aromatic heterocycles. The normalized spacial score (nSPS) is 10.9. The zero-order valence-electron chi connectivity index (χ0n) is 14.0. The molecule has 1 heterocycles. The second-order valence-electron chi connectivity index (χ2n) is 5.39. The van der Waals surface area contributed by atoms with Crippen LogP contribution in [0.3, 0.4) is 0 Å². The van der Waals surface area contributed by atoms with E-state index in [2.05, 4.69) is 0 Å². The third-order valence-corrected chi connectivity index (χ3v) is 5.07. The molecule has 0 spiro atoms. The van der Waals surface area contributed by atoms with E-state index in [9.17, 15) is 9.18 Å². The fraction of sp³-hybridized carbons (Fsp3) is 0.211. The Hall–Kier alpha value is -2.15. The lowest BCUT2D eigenvalue weighted by Crippen LogP contribution is -2.12. The SMILES string of the molecule is COCc1c(C(=O)OCCOc2ccc(Cl)cc2)sc2cccc(F)c12. The minimum absolute atomic E-state index is 0.0740. The first-order valence-electron chi connectivity index (χ1n) is 7.84. The first kappa shape index (κ1) is 18.6. The quantitative estimate of drug-likeness (QED) is 0.414. The highest BCUT2D eigenvalue weighted by Gasteiger charge is 2.21. The van der Waals surface area contributed by atoms with Gasteiger partial charge in [-0.05, 0) is 36.4 Å². The molecule has 0 atom stereocenters. The fourth-order valence-electron chi connectivity index (χ4n) is 2.50. The van der Waals surface area contributed by atoms with Crippen molar-refractivity contribution in [2.45, 2.75) is 6.61 Å². The smallest absolute Gasteiger partial charge is 0.348 e. The van der Waals surface area contributed by atoms with Gasteiger partial charge >= 0.3 is 5.97 Å². The molecule has 3 aromatic rings. The van der Waals surface area contributed by atoms with Crippen molar-refractivity contribution in [2.75, 3.05) is 20.3 Å². The molecule has 0 N–H and O–H groups in total. The summed E-state index contributed by atoms with van der Waals surface area (Å²) in [6.07, 6.45) is 0. The summed E-state index contributed by atoms with van der Waals surface area (Å²) in [5.41, 5.74) is 0.509. The van der Waals surface area contributed by atoms with Crippen molar-refractivity contribution in [2.24, 2.45) is 0 Å². The van der Waals surface area contributed by atoms with E-state index in [-0.39, 0.29) is 25.6 Å². The van der Waals surface area contributed by atoms with Crippen LogP contribution in [-0.2, 0) is 16.1 Å². The standard InChI is InChI=1S/C19H16ClFO4S/c1-23-11-14-17-15(21)3-2-4-16(17)26-18(14)19(22)25-10-9-24-13-7-5-12(20)6-8-13/h2-8H,9-11H2,1H3. The van der Waals surface area contributed by atoms with Crippen molar-refractivity contribution in [3.8, 4) is 5.75 Å². The van der Waals surface area contributed by atoms with Gasteiger partial charge in [0.1, 0.15) is 29.7 Å². The summed E-state index contributed by atoms with van der Waals surface area (Å²) in [5.74, 6) is -0.261. The third kappa shape index (κ3) is 4.15. The second kappa shape index (κ2) is 8.49. The fourth-order valence-corrected chi connectivity index (χ4v) is 3.75. The minimum atomic E-state index is -0.516. The van der Waals surface area contributed by atoms with Crippen LogP contribution in [0.5, 0.6) is 5.75 Å². The molecule has 4 nitrogen and oxygen atoms in total. The Morgan fingerprint density at radius 1 is 1.15 bits per heavy atom. The molecule has 0 amide bonds. The number of hydrogen-bond donors (Lipinski definition) is 0. The number of fused-ring (bicyclic) bond motifs is 1. The van der Waals surface area contributed by atoms with Gasteiger partial charge in [0.05, 0.1) is 6.61 Å². The zero-order valence-corrected chi connectivity index (χ0v) is 15.5. The highest BCUT2D eigenvalue weighted by atomic mass is 35.5. The van der Waals surface area contributed by atoms with Crippen molar-refractivity contribution in [3.63, 3.8) is 0 Å². The van der Waals surface area contributed by atoms with E-state index < -0.39 is 5.97 Å². The van der Waals surface area contributed by atoms with E-state index in [0.717, 1.165) is 0 Å². The Morgan fingerprint density at radius 3 is 2.65 bits per heavy atom. The number of methoxy groups -OCH3 is 1. The number of carbonyl (C=O) groups is 1. The Morgan fingerprint density at radius 2 is 1.92 bits per heavy atom. The van der Waals surface area contributed by atoms with Gasteiger partial charge in [-0.1, -0.05) is 17.7 Å². The van der Waals surface area contributed by atoms with Crippen LogP contribution in [0.1, 0.15) is 15.2 Å². The van der Waals surface area contributed by atoms with E-state index in [1.807, 2.05) is 0 Å². The number of carbonyl (C=O) groups excluding carboxylic acids is 1. The Balaban J connectivity index is 1.66. The molecule has 0 aliphatic carbocycles. The molecule has 0 saturated carbocycles. The van der Waals surface area contributed by atoms with Gasteiger partial charge in [0.15, 0.2) is 0 Å². The number of rotatable bonds is 7. The molecule has 0 saturated heterocycles. The van der Waals surface area contributed by atoms with Gasteiger partial charge in [-0.25, -0.2) is 9.18 Å². The third-order valence-electron chi connectivity index (χ3n) is 3.64. The first-order chi connectivity index (χ1) is 12.6. The van der Waals surface area contributed by atoms with Crippen molar-refractivity contribution in [1.82, 2.24) is 0 Å². The molecule has 0 aliphatic rings. The van der Waals surface area contributed by atoms with Crippen LogP contribution < -0.4 is 4.74 Å². The maximum absolute atomic E-state index is 14.1. The van der Waals surface area contributed by atoms with Crippen LogP contribution in [0.25, 0.3) is 10.1 Å². The number of thiophene rings is 1. The van der Waals surface area contributed by atoms with Gasteiger partial charge in [0.2, 0.25) is 0 Å². The van der Waals surface area contributed by atoms with Gasteiger partial charge in [-0.2, -0.15) is 0 Å². The van der Waals surface area contributed by atoms with E-state index >= 15 is 0 Å². The van der Waals surface area contributed by atoms with Crippen LogP contribution in [0, 0.1) is 5.82 Å².